The van der Waals surface area contributed by atoms with Crippen molar-refractivity contribution < 1.29 is 0 Å². The minimum Gasteiger partial charge on any atom is -0.340 e. The highest BCUT2D eigenvalue weighted by atomic mass is 16.1. The Morgan fingerprint density at radius 3 is 1.57 bits per heavy atom. The normalized spacial score (nSPS) is 14.1. The highest BCUT2D eigenvalue weighted by Gasteiger charge is 2.21. The topological polar surface area (TPSA) is 51.3 Å². The summed E-state index contributed by atoms with van der Waals surface area (Å²) in [5.41, 5.74) is 13.0. The van der Waals surface area contributed by atoms with Gasteiger partial charge in [-0.15, -0.1) is 0 Å². The summed E-state index contributed by atoms with van der Waals surface area (Å²) in [4.78, 5) is 17.9. The molecule has 9 aromatic rings. The first-order valence-corrected chi connectivity index (χ1v) is 19.0. The average Bonchev–Trinajstić information content (AvgIpc) is 3.48. The number of amidine groups is 1. The van der Waals surface area contributed by atoms with Crippen molar-refractivity contribution in [1.29, 1.82) is 0 Å². The lowest BCUT2D eigenvalue weighted by molar-refractivity contribution is 0.795. The van der Waals surface area contributed by atoms with Gasteiger partial charge in [-0.2, -0.15) is 0 Å². The zero-order chi connectivity index (χ0) is 37.8. The zero-order valence-corrected chi connectivity index (χ0v) is 31.1. The summed E-state index contributed by atoms with van der Waals surface area (Å²) in [6, 6.07) is 62.2. The van der Waals surface area contributed by atoms with Gasteiger partial charge in [0.15, 0.2) is 0 Å². The van der Waals surface area contributed by atoms with Gasteiger partial charge in [-0.3, -0.25) is 14.1 Å². The number of benzene rings is 8. The molecule has 0 aliphatic carbocycles. The third-order valence-corrected chi connectivity index (χ3v) is 11.2. The number of aromatic nitrogens is 2. The molecule has 1 aliphatic rings. The lowest BCUT2D eigenvalue weighted by atomic mass is 9.85. The largest absolute Gasteiger partial charge is 0.340 e. The summed E-state index contributed by atoms with van der Waals surface area (Å²) < 4.78 is 3.40. The first kappa shape index (κ1) is 33.3. The SMILES string of the molecule is Cn1c(=O)n(C)c2cc(-c3cccc(C4=CC(c5ccc(-c6c7ccccc7c(-c7ccccc7)c7ccccc67)cc5)N=C(c5ccccc5)N4)c3)ccc21. The fourth-order valence-corrected chi connectivity index (χ4v) is 8.37. The zero-order valence-electron chi connectivity index (χ0n) is 31.1. The van der Waals surface area contributed by atoms with Gasteiger partial charge in [0.25, 0.3) is 0 Å². The maximum atomic E-state index is 12.6. The van der Waals surface area contributed by atoms with Crippen LogP contribution in [-0.2, 0) is 14.1 Å². The first-order chi connectivity index (χ1) is 27.5. The molecule has 1 N–H and O–H groups in total. The van der Waals surface area contributed by atoms with Gasteiger partial charge in [0.05, 0.1) is 17.1 Å². The molecule has 1 unspecified atom stereocenters. The van der Waals surface area contributed by atoms with Crippen molar-refractivity contribution in [3.63, 3.8) is 0 Å². The van der Waals surface area contributed by atoms with E-state index in [-0.39, 0.29) is 11.7 Å². The fourth-order valence-electron chi connectivity index (χ4n) is 8.37. The van der Waals surface area contributed by atoms with Crippen molar-refractivity contribution in [2.75, 3.05) is 0 Å². The van der Waals surface area contributed by atoms with E-state index >= 15 is 0 Å². The number of fused-ring (bicyclic) bond motifs is 3. The maximum Gasteiger partial charge on any atom is 0.328 e. The molecule has 1 aromatic heterocycles. The molecule has 8 aromatic carbocycles. The van der Waals surface area contributed by atoms with Gasteiger partial charge in [0.2, 0.25) is 0 Å². The Hall–Kier alpha value is -7.24. The summed E-state index contributed by atoms with van der Waals surface area (Å²) in [6.07, 6.45) is 2.23. The monoisotopic (exact) mass is 722 g/mol. The van der Waals surface area contributed by atoms with E-state index in [1.807, 2.05) is 38.4 Å². The Morgan fingerprint density at radius 2 is 0.946 bits per heavy atom. The van der Waals surface area contributed by atoms with E-state index in [1.54, 1.807) is 9.13 Å². The smallest absolute Gasteiger partial charge is 0.328 e. The number of nitrogens with one attached hydrogen (secondary N) is 1. The maximum absolute atomic E-state index is 12.6. The van der Waals surface area contributed by atoms with Gasteiger partial charge >= 0.3 is 5.69 Å². The lowest BCUT2D eigenvalue weighted by Gasteiger charge is -2.24. The Bertz CT molecular complexity index is 3020. The summed E-state index contributed by atoms with van der Waals surface area (Å²) in [5.74, 6) is 0.830. The number of rotatable bonds is 6. The van der Waals surface area contributed by atoms with Gasteiger partial charge in [0.1, 0.15) is 5.84 Å². The van der Waals surface area contributed by atoms with E-state index in [9.17, 15) is 4.79 Å². The molecule has 0 saturated carbocycles. The van der Waals surface area contributed by atoms with Crippen molar-refractivity contribution in [3.8, 4) is 33.4 Å². The molecular formula is C51H38N4O. The van der Waals surface area contributed by atoms with Crippen LogP contribution in [0.5, 0.6) is 0 Å². The number of imidazole rings is 1. The third kappa shape index (κ3) is 5.64. The number of aryl methyl sites for hydroxylation is 2. The average molecular weight is 723 g/mol. The quantitative estimate of drug-likeness (QED) is 0.174. The molecule has 0 amide bonds. The van der Waals surface area contributed by atoms with Crippen molar-refractivity contribution in [1.82, 2.24) is 14.5 Å². The number of aliphatic imine (C=N–C) groups is 1. The highest BCUT2D eigenvalue weighted by Crippen LogP contribution is 2.44. The van der Waals surface area contributed by atoms with E-state index in [0.717, 1.165) is 50.4 Å². The molecule has 268 valence electrons. The number of hydrogen-bond donors (Lipinski definition) is 1. The van der Waals surface area contributed by atoms with Gasteiger partial charge in [-0.1, -0.05) is 158 Å². The standard InChI is InChI=1S/C51H38N4O/c1-54-46-29-28-38(31-47(46)55(2)51(54)56)37-18-13-19-39(30-37)45-32-44(52-50(53-45)36-16-7-4-8-17-36)33-24-26-35(27-25-33)49-42-22-11-9-20-40(42)48(34-14-5-3-6-15-34)41-21-10-12-23-43(41)49/h3-32,44H,1-2H3,(H,52,53). The van der Waals surface area contributed by atoms with Gasteiger partial charge in [0, 0.05) is 25.4 Å². The van der Waals surface area contributed by atoms with E-state index in [1.165, 1.54) is 43.8 Å². The summed E-state index contributed by atoms with van der Waals surface area (Å²) in [6.45, 7) is 0. The van der Waals surface area contributed by atoms with Crippen LogP contribution in [0.4, 0.5) is 0 Å². The molecule has 1 aliphatic heterocycles. The van der Waals surface area contributed by atoms with E-state index in [0.29, 0.717) is 0 Å². The van der Waals surface area contributed by atoms with Crippen LogP contribution >= 0.6 is 0 Å². The second-order valence-corrected chi connectivity index (χ2v) is 14.5. The molecule has 10 rings (SSSR count). The van der Waals surface area contributed by atoms with Crippen LogP contribution in [0.2, 0.25) is 0 Å². The molecule has 1 atom stereocenters. The van der Waals surface area contributed by atoms with Crippen molar-refractivity contribution in [2.45, 2.75) is 6.04 Å². The number of hydrogen-bond acceptors (Lipinski definition) is 3. The molecule has 2 heterocycles. The predicted octanol–water partition coefficient (Wildman–Crippen LogP) is 11.3. The van der Waals surface area contributed by atoms with Gasteiger partial charge < -0.3 is 5.32 Å². The Balaban J connectivity index is 1.06. The molecule has 5 nitrogen and oxygen atoms in total. The van der Waals surface area contributed by atoms with Gasteiger partial charge in [-0.05, 0) is 90.3 Å². The van der Waals surface area contributed by atoms with Gasteiger partial charge in [-0.25, -0.2) is 4.79 Å². The minimum absolute atomic E-state index is 0.0306. The third-order valence-electron chi connectivity index (χ3n) is 11.2. The lowest BCUT2D eigenvalue weighted by Crippen LogP contribution is -2.27. The van der Waals surface area contributed by atoms with E-state index < -0.39 is 0 Å². The minimum atomic E-state index is -0.205. The first-order valence-electron chi connectivity index (χ1n) is 19.0. The molecule has 0 fully saturated rings. The van der Waals surface area contributed by atoms with Crippen LogP contribution in [0, 0.1) is 0 Å². The molecule has 5 heteroatoms. The van der Waals surface area contributed by atoms with Crippen LogP contribution in [0.15, 0.2) is 192 Å². The molecule has 56 heavy (non-hydrogen) atoms. The van der Waals surface area contributed by atoms with Crippen LogP contribution in [0.3, 0.4) is 0 Å². The second-order valence-electron chi connectivity index (χ2n) is 14.5. The van der Waals surface area contributed by atoms with Crippen LogP contribution < -0.4 is 11.0 Å². The summed E-state index contributed by atoms with van der Waals surface area (Å²) in [7, 11) is 3.64. The fraction of sp³-hybridized carbons (Fsp3) is 0.0588. The summed E-state index contributed by atoms with van der Waals surface area (Å²) >= 11 is 0. The molecule has 0 spiro atoms. The highest BCUT2D eigenvalue weighted by molar-refractivity contribution is 6.21. The number of nitrogens with zero attached hydrogens (tertiary/aromatic N) is 3. The summed E-state index contributed by atoms with van der Waals surface area (Å²) in [5, 5.41) is 8.63. The second kappa shape index (κ2) is 13.6. The Kier molecular flexibility index (Phi) is 8.07. The predicted molar refractivity (Wildman–Crippen MR) is 233 cm³/mol. The Labute approximate surface area is 325 Å². The van der Waals surface area contributed by atoms with E-state index in [2.05, 4.69) is 163 Å². The van der Waals surface area contributed by atoms with Crippen LogP contribution in [0.25, 0.3) is 71.7 Å². The van der Waals surface area contributed by atoms with Crippen LogP contribution in [-0.4, -0.2) is 15.0 Å². The van der Waals surface area contributed by atoms with Crippen LogP contribution in [0.1, 0.15) is 22.7 Å². The molecular weight excluding hydrogens is 685 g/mol. The molecule has 0 radical (unpaired) electrons. The molecule has 0 bridgehead atoms. The Morgan fingerprint density at radius 1 is 0.464 bits per heavy atom. The van der Waals surface area contributed by atoms with Crippen molar-refractivity contribution >= 4 is 44.1 Å². The molecule has 0 saturated heterocycles. The van der Waals surface area contributed by atoms with Crippen molar-refractivity contribution in [3.05, 3.63) is 209 Å². The van der Waals surface area contributed by atoms with E-state index in [4.69, 9.17) is 4.99 Å². The van der Waals surface area contributed by atoms with Crippen molar-refractivity contribution in [2.24, 2.45) is 19.1 Å².